The molecule has 0 saturated carbocycles. The minimum absolute atomic E-state index is 0.467. The Morgan fingerprint density at radius 2 is 2.36 bits per heavy atom. The topological polar surface area (TPSA) is 23.8 Å². The lowest BCUT2D eigenvalue weighted by molar-refractivity contribution is 0.621. The molecule has 0 heterocycles. The third-order valence-electron chi connectivity index (χ3n) is 2.26. The van der Waals surface area contributed by atoms with E-state index < -0.39 is 5.41 Å². The summed E-state index contributed by atoms with van der Waals surface area (Å²) in [6.07, 6.45) is 2.45. The number of hydrogen-bond acceptors (Lipinski definition) is 1. The Bertz CT molecular complexity index is 378. The monoisotopic (exact) mass is 249 g/mol. The summed E-state index contributed by atoms with van der Waals surface area (Å²) >= 11 is 3.40. The van der Waals surface area contributed by atoms with E-state index in [0.717, 1.165) is 10.0 Å². The van der Waals surface area contributed by atoms with Crippen LogP contribution in [0.4, 0.5) is 0 Å². The van der Waals surface area contributed by atoms with Crippen molar-refractivity contribution in [3.63, 3.8) is 0 Å². The van der Waals surface area contributed by atoms with Crippen molar-refractivity contribution in [3.8, 4) is 6.07 Å². The number of hydrogen-bond donors (Lipinski definition) is 0. The zero-order valence-electron chi connectivity index (χ0n) is 8.13. The third-order valence-corrected chi connectivity index (χ3v) is 2.75. The van der Waals surface area contributed by atoms with Crippen molar-refractivity contribution in [3.05, 3.63) is 47.0 Å². The average Bonchev–Trinajstić information content (AvgIpc) is 2.18. The lowest BCUT2D eigenvalue weighted by Crippen LogP contribution is -2.18. The van der Waals surface area contributed by atoms with E-state index in [2.05, 4.69) is 28.6 Å². The molecule has 1 rings (SSSR count). The Morgan fingerprint density at radius 1 is 1.64 bits per heavy atom. The molecule has 1 aromatic rings. The fourth-order valence-electron chi connectivity index (χ4n) is 1.35. The summed E-state index contributed by atoms with van der Waals surface area (Å²) in [6, 6.07) is 10.2. The SMILES string of the molecule is C=CCC(C)(C#N)c1cccc(Br)c1. The van der Waals surface area contributed by atoms with E-state index >= 15 is 0 Å². The maximum absolute atomic E-state index is 9.15. The van der Waals surface area contributed by atoms with Crippen LogP contribution >= 0.6 is 15.9 Å². The van der Waals surface area contributed by atoms with Gasteiger partial charge in [0, 0.05) is 4.47 Å². The standard InChI is InChI=1S/C12H12BrN/c1-3-7-12(2,9-14)10-5-4-6-11(13)8-10/h3-6,8H,1,7H2,2H3. The molecule has 0 saturated heterocycles. The van der Waals surface area contributed by atoms with E-state index in [1.54, 1.807) is 6.08 Å². The molecule has 0 N–H and O–H groups in total. The van der Waals surface area contributed by atoms with E-state index in [4.69, 9.17) is 5.26 Å². The van der Waals surface area contributed by atoms with Crippen molar-refractivity contribution in [2.45, 2.75) is 18.8 Å². The van der Waals surface area contributed by atoms with Gasteiger partial charge >= 0.3 is 0 Å². The Labute approximate surface area is 93.2 Å². The number of nitriles is 1. The van der Waals surface area contributed by atoms with Crippen molar-refractivity contribution >= 4 is 15.9 Å². The Morgan fingerprint density at radius 3 is 2.86 bits per heavy atom. The number of nitrogens with zero attached hydrogens (tertiary/aromatic N) is 1. The second kappa shape index (κ2) is 4.43. The van der Waals surface area contributed by atoms with Crippen molar-refractivity contribution in [1.29, 1.82) is 5.26 Å². The van der Waals surface area contributed by atoms with Gasteiger partial charge in [-0.15, -0.1) is 6.58 Å². The van der Waals surface area contributed by atoms with Crippen LogP contribution in [-0.2, 0) is 5.41 Å². The second-order valence-corrected chi connectivity index (χ2v) is 4.36. The van der Waals surface area contributed by atoms with Gasteiger partial charge in [-0.1, -0.05) is 34.1 Å². The van der Waals surface area contributed by atoms with Crippen molar-refractivity contribution < 1.29 is 0 Å². The maximum atomic E-state index is 9.15. The van der Waals surface area contributed by atoms with Crippen LogP contribution in [0.5, 0.6) is 0 Å². The highest BCUT2D eigenvalue weighted by Gasteiger charge is 2.24. The predicted molar refractivity (Wildman–Crippen MR) is 61.9 cm³/mol. The molecular weight excluding hydrogens is 238 g/mol. The smallest absolute Gasteiger partial charge is 0.0828 e. The maximum Gasteiger partial charge on any atom is 0.0828 e. The number of halogens is 1. The molecule has 1 aromatic carbocycles. The zero-order valence-corrected chi connectivity index (χ0v) is 9.71. The fraction of sp³-hybridized carbons (Fsp3) is 0.250. The first-order chi connectivity index (χ1) is 6.62. The third kappa shape index (κ3) is 2.24. The van der Waals surface area contributed by atoms with E-state index in [0.29, 0.717) is 6.42 Å². The molecule has 72 valence electrons. The molecule has 0 aliphatic rings. The van der Waals surface area contributed by atoms with Crippen LogP contribution in [0.15, 0.2) is 41.4 Å². The zero-order chi connectivity index (χ0) is 10.6. The molecule has 1 unspecified atom stereocenters. The Hall–Kier alpha value is -1.07. The first-order valence-corrected chi connectivity index (χ1v) is 5.20. The lowest BCUT2D eigenvalue weighted by Gasteiger charge is -2.20. The summed E-state index contributed by atoms with van der Waals surface area (Å²) in [5.41, 5.74) is 0.556. The van der Waals surface area contributed by atoms with Gasteiger partial charge in [0.05, 0.1) is 11.5 Å². The van der Waals surface area contributed by atoms with Gasteiger partial charge in [0.1, 0.15) is 0 Å². The summed E-state index contributed by atoms with van der Waals surface area (Å²) < 4.78 is 1.00. The fourth-order valence-corrected chi connectivity index (χ4v) is 1.75. The van der Waals surface area contributed by atoms with Gasteiger partial charge in [-0.3, -0.25) is 0 Å². The molecule has 0 fully saturated rings. The molecular formula is C12H12BrN. The van der Waals surface area contributed by atoms with Crippen LogP contribution in [0.2, 0.25) is 0 Å². The average molecular weight is 250 g/mol. The molecule has 0 aromatic heterocycles. The highest BCUT2D eigenvalue weighted by Crippen LogP contribution is 2.28. The van der Waals surface area contributed by atoms with Crippen molar-refractivity contribution in [1.82, 2.24) is 0 Å². The molecule has 2 heteroatoms. The Balaban J connectivity index is 3.13. The van der Waals surface area contributed by atoms with E-state index in [1.807, 2.05) is 31.2 Å². The molecule has 0 amide bonds. The summed E-state index contributed by atoms with van der Waals surface area (Å²) in [6.45, 7) is 5.61. The second-order valence-electron chi connectivity index (χ2n) is 3.45. The predicted octanol–water partition coefficient (Wildman–Crippen LogP) is 3.81. The highest BCUT2D eigenvalue weighted by atomic mass is 79.9. The van der Waals surface area contributed by atoms with Gasteiger partial charge in [0.15, 0.2) is 0 Å². The van der Waals surface area contributed by atoms with E-state index in [1.165, 1.54) is 0 Å². The normalized spacial score (nSPS) is 14.1. The molecule has 0 aliphatic carbocycles. The quantitative estimate of drug-likeness (QED) is 0.748. The lowest BCUT2D eigenvalue weighted by atomic mass is 9.81. The minimum atomic E-state index is -0.467. The van der Waals surface area contributed by atoms with Crippen LogP contribution in [0.1, 0.15) is 18.9 Å². The molecule has 1 atom stereocenters. The molecule has 0 radical (unpaired) electrons. The van der Waals surface area contributed by atoms with E-state index in [-0.39, 0.29) is 0 Å². The van der Waals surface area contributed by atoms with Crippen LogP contribution in [-0.4, -0.2) is 0 Å². The summed E-state index contributed by atoms with van der Waals surface area (Å²) in [4.78, 5) is 0. The van der Waals surface area contributed by atoms with Gasteiger partial charge in [0.2, 0.25) is 0 Å². The number of allylic oxidation sites excluding steroid dienone is 1. The summed E-state index contributed by atoms with van der Waals surface area (Å²) in [5.74, 6) is 0. The van der Waals surface area contributed by atoms with E-state index in [9.17, 15) is 0 Å². The number of rotatable bonds is 3. The summed E-state index contributed by atoms with van der Waals surface area (Å²) in [7, 11) is 0. The van der Waals surface area contributed by atoms with Crippen molar-refractivity contribution in [2.24, 2.45) is 0 Å². The van der Waals surface area contributed by atoms with Crippen molar-refractivity contribution in [2.75, 3.05) is 0 Å². The highest BCUT2D eigenvalue weighted by molar-refractivity contribution is 9.10. The van der Waals surface area contributed by atoms with Gasteiger partial charge < -0.3 is 0 Å². The number of benzene rings is 1. The van der Waals surface area contributed by atoms with Crippen LogP contribution in [0.25, 0.3) is 0 Å². The Kier molecular flexibility index (Phi) is 3.49. The molecule has 0 bridgehead atoms. The minimum Gasteiger partial charge on any atom is -0.197 e. The van der Waals surface area contributed by atoms with Gasteiger partial charge in [-0.2, -0.15) is 5.26 Å². The molecule has 0 spiro atoms. The largest absolute Gasteiger partial charge is 0.197 e. The van der Waals surface area contributed by atoms with Gasteiger partial charge in [0.25, 0.3) is 0 Å². The van der Waals surface area contributed by atoms with Gasteiger partial charge in [-0.05, 0) is 31.0 Å². The van der Waals surface area contributed by atoms with Gasteiger partial charge in [-0.25, -0.2) is 0 Å². The first kappa shape index (κ1) is 11.0. The van der Waals surface area contributed by atoms with Crippen LogP contribution in [0, 0.1) is 11.3 Å². The molecule has 1 nitrogen and oxygen atoms in total. The summed E-state index contributed by atoms with van der Waals surface area (Å²) in [5, 5.41) is 9.15. The first-order valence-electron chi connectivity index (χ1n) is 4.40. The van der Waals surface area contributed by atoms with Crippen LogP contribution in [0.3, 0.4) is 0 Å². The molecule has 0 aliphatic heterocycles. The molecule has 14 heavy (non-hydrogen) atoms. The van der Waals surface area contributed by atoms with Crippen LogP contribution < -0.4 is 0 Å².